The molecule has 0 aromatic heterocycles. The molecule has 0 radical (unpaired) electrons. The first-order valence-electron chi connectivity index (χ1n) is 9.18. The van der Waals surface area contributed by atoms with Crippen LogP contribution in [0.2, 0.25) is 0 Å². The van der Waals surface area contributed by atoms with Crippen molar-refractivity contribution in [2.45, 2.75) is 6.54 Å². The summed E-state index contributed by atoms with van der Waals surface area (Å²) in [5, 5.41) is 0. The predicted octanol–water partition coefficient (Wildman–Crippen LogP) is 4.86. The summed E-state index contributed by atoms with van der Waals surface area (Å²) >= 11 is 0. The Labute approximate surface area is 162 Å². The lowest BCUT2D eigenvalue weighted by molar-refractivity contribution is 1.07. The Kier molecular flexibility index (Phi) is 5.92. The average Bonchev–Trinajstić information content (AvgIpc) is 2.69. The molecule has 0 saturated carbocycles. The van der Waals surface area contributed by atoms with E-state index in [2.05, 4.69) is 111 Å². The Morgan fingerprint density at radius 2 is 1.07 bits per heavy atom. The molecule has 0 bridgehead atoms. The van der Waals surface area contributed by atoms with Crippen LogP contribution in [0.5, 0.6) is 0 Å². The van der Waals surface area contributed by atoms with Crippen LogP contribution in [-0.4, -0.2) is 33.9 Å². The molecule has 3 nitrogen and oxygen atoms in total. The summed E-state index contributed by atoms with van der Waals surface area (Å²) < 4.78 is 0. The highest BCUT2D eigenvalue weighted by molar-refractivity contribution is 6.13. The van der Waals surface area contributed by atoms with Crippen molar-refractivity contribution >= 4 is 17.1 Å². The predicted molar refractivity (Wildman–Crippen MR) is 117 cm³/mol. The number of benzene rings is 3. The van der Waals surface area contributed by atoms with Crippen LogP contribution in [0.3, 0.4) is 0 Å². The van der Waals surface area contributed by atoms with Crippen LogP contribution >= 0.6 is 0 Å². The van der Waals surface area contributed by atoms with Gasteiger partial charge in [0.05, 0.1) is 12.3 Å². The van der Waals surface area contributed by atoms with Crippen LogP contribution in [0, 0.1) is 0 Å². The minimum atomic E-state index is 0.668. The molecule has 0 unspecified atom stereocenters. The van der Waals surface area contributed by atoms with Gasteiger partial charge in [0.25, 0.3) is 0 Å². The second-order valence-electron chi connectivity index (χ2n) is 7.03. The molecule has 0 amide bonds. The Morgan fingerprint density at radius 3 is 1.48 bits per heavy atom. The second-order valence-corrected chi connectivity index (χ2v) is 7.03. The molecule has 0 spiro atoms. The Bertz CT molecular complexity index is 824. The maximum atomic E-state index is 4.97. The summed E-state index contributed by atoms with van der Waals surface area (Å²) in [6, 6.07) is 27.6. The van der Waals surface area contributed by atoms with E-state index in [1.54, 1.807) is 0 Å². The van der Waals surface area contributed by atoms with Gasteiger partial charge in [-0.3, -0.25) is 4.99 Å². The normalized spacial score (nSPS) is 10.4. The van der Waals surface area contributed by atoms with Gasteiger partial charge in [0, 0.05) is 50.7 Å². The molecule has 138 valence electrons. The van der Waals surface area contributed by atoms with Gasteiger partial charge in [-0.05, 0) is 29.8 Å². The highest BCUT2D eigenvalue weighted by Gasteiger charge is 2.08. The highest BCUT2D eigenvalue weighted by atomic mass is 15.1. The van der Waals surface area contributed by atoms with E-state index < -0.39 is 0 Å². The zero-order chi connectivity index (χ0) is 19.2. The van der Waals surface area contributed by atoms with Gasteiger partial charge in [-0.1, -0.05) is 54.6 Å². The van der Waals surface area contributed by atoms with Crippen LogP contribution < -0.4 is 9.80 Å². The Balaban J connectivity index is 1.97. The van der Waals surface area contributed by atoms with E-state index in [9.17, 15) is 0 Å². The quantitative estimate of drug-likeness (QED) is 0.587. The van der Waals surface area contributed by atoms with E-state index in [1.807, 2.05) is 6.07 Å². The minimum absolute atomic E-state index is 0.668. The van der Waals surface area contributed by atoms with Crippen molar-refractivity contribution < 1.29 is 0 Å². The van der Waals surface area contributed by atoms with Gasteiger partial charge >= 0.3 is 0 Å². The molecule has 0 aliphatic heterocycles. The fourth-order valence-corrected chi connectivity index (χ4v) is 2.94. The molecule has 3 heteroatoms. The van der Waals surface area contributed by atoms with Crippen LogP contribution in [0.15, 0.2) is 83.9 Å². The van der Waals surface area contributed by atoms with Crippen LogP contribution in [0.4, 0.5) is 11.4 Å². The lowest BCUT2D eigenvalue weighted by atomic mass is 10.0. The largest absolute Gasteiger partial charge is 0.378 e. The zero-order valence-corrected chi connectivity index (χ0v) is 16.6. The van der Waals surface area contributed by atoms with Gasteiger partial charge < -0.3 is 9.80 Å². The highest BCUT2D eigenvalue weighted by Crippen LogP contribution is 2.19. The Morgan fingerprint density at radius 1 is 0.630 bits per heavy atom. The number of rotatable bonds is 6. The molecule has 3 aromatic rings. The first-order valence-corrected chi connectivity index (χ1v) is 9.18. The molecule has 0 aliphatic rings. The van der Waals surface area contributed by atoms with Crippen molar-refractivity contribution in [3.8, 4) is 0 Å². The molecule has 0 saturated heterocycles. The third-order valence-corrected chi connectivity index (χ3v) is 4.58. The topological polar surface area (TPSA) is 18.8 Å². The maximum absolute atomic E-state index is 4.97. The van der Waals surface area contributed by atoms with Crippen LogP contribution in [0.25, 0.3) is 0 Å². The van der Waals surface area contributed by atoms with Gasteiger partial charge in [-0.25, -0.2) is 0 Å². The first-order chi connectivity index (χ1) is 13.0. The summed E-state index contributed by atoms with van der Waals surface area (Å²) in [6.07, 6.45) is 0. The molecule has 0 N–H and O–H groups in total. The van der Waals surface area contributed by atoms with E-state index in [1.165, 1.54) is 16.9 Å². The lowest BCUT2D eigenvalue weighted by Crippen LogP contribution is -2.10. The Hall–Kier alpha value is -3.07. The van der Waals surface area contributed by atoms with Crippen molar-refractivity contribution in [1.29, 1.82) is 0 Å². The van der Waals surface area contributed by atoms with Crippen molar-refractivity contribution in [1.82, 2.24) is 0 Å². The van der Waals surface area contributed by atoms with Crippen molar-refractivity contribution in [3.63, 3.8) is 0 Å². The second kappa shape index (κ2) is 8.54. The van der Waals surface area contributed by atoms with Crippen LogP contribution in [-0.2, 0) is 6.54 Å². The molecular formula is C24H27N3. The smallest absolute Gasteiger partial charge is 0.0723 e. The number of aliphatic imine (C=N–C) groups is 1. The number of hydrogen-bond donors (Lipinski definition) is 0. The molecule has 3 aromatic carbocycles. The van der Waals surface area contributed by atoms with Crippen molar-refractivity contribution in [2.75, 3.05) is 38.0 Å². The third-order valence-electron chi connectivity index (χ3n) is 4.58. The summed E-state index contributed by atoms with van der Waals surface area (Å²) in [6.45, 7) is 0.668. The zero-order valence-electron chi connectivity index (χ0n) is 16.6. The molecule has 0 heterocycles. The van der Waals surface area contributed by atoms with E-state index in [-0.39, 0.29) is 0 Å². The summed E-state index contributed by atoms with van der Waals surface area (Å²) in [7, 11) is 8.22. The first kappa shape index (κ1) is 18.7. The van der Waals surface area contributed by atoms with Gasteiger partial charge in [-0.15, -0.1) is 0 Å². The number of nitrogens with zero attached hydrogens (tertiary/aromatic N) is 3. The molecule has 0 fully saturated rings. The standard InChI is InChI=1S/C24H27N3/c1-26(2)22-14-10-20(11-15-22)24(25-18-19-8-6-5-7-9-19)21-12-16-23(17-13-21)27(3)4/h5-17H,18H2,1-4H3. The average molecular weight is 358 g/mol. The molecule has 27 heavy (non-hydrogen) atoms. The van der Waals surface area contributed by atoms with E-state index in [0.29, 0.717) is 6.54 Å². The molecule has 3 rings (SSSR count). The SMILES string of the molecule is CN(C)c1ccc(C(=NCc2ccccc2)c2ccc(N(C)C)cc2)cc1. The molecule has 0 aliphatic carbocycles. The minimum Gasteiger partial charge on any atom is -0.378 e. The van der Waals surface area contributed by atoms with Crippen molar-refractivity contribution in [2.24, 2.45) is 4.99 Å². The monoisotopic (exact) mass is 357 g/mol. The molecule has 0 atom stereocenters. The van der Waals surface area contributed by atoms with E-state index >= 15 is 0 Å². The summed E-state index contributed by atoms with van der Waals surface area (Å²) in [5.74, 6) is 0. The van der Waals surface area contributed by atoms with E-state index in [4.69, 9.17) is 4.99 Å². The number of anilines is 2. The summed E-state index contributed by atoms with van der Waals surface area (Å²) in [5.41, 5.74) is 6.87. The fourth-order valence-electron chi connectivity index (χ4n) is 2.94. The van der Waals surface area contributed by atoms with Gasteiger partial charge in [-0.2, -0.15) is 0 Å². The third kappa shape index (κ3) is 4.76. The van der Waals surface area contributed by atoms with E-state index in [0.717, 1.165) is 16.8 Å². The molecular weight excluding hydrogens is 330 g/mol. The maximum Gasteiger partial charge on any atom is 0.0723 e. The van der Waals surface area contributed by atoms with Gasteiger partial charge in [0.1, 0.15) is 0 Å². The van der Waals surface area contributed by atoms with Crippen LogP contribution in [0.1, 0.15) is 16.7 Å². The fraction of sp³-hybridized carbons (Fsp3) is 0.208. The van der Waals surface area contributed by atoms with Gasteiger partial charge in [0.15, 0.2) is 0 Å². The van der Waals surface area contributed by atoms with Crippen molar-refractivity contribution in [3.05, 3.63) is 95.6 Å². The van der Waals surface area contributed by atoms with Gasteiger partial charge in [0.2, 0.25) is 0 Å². The lowest BCUT2D eigenvalue weighted by Gasteiger charge is -2.15. The number of hydrogen-bond acceptors (Lipinski definition) is 3. The summed E-state index contributed by atoms with van der Waals surface area (Å²) in [4.78, 5) is 9.19.